The number of benzene rings is 3. The van der Waals surface area contributed by atoms with Crippen LogP contribution >= 0.6 is 0 Å². The summed E-state index contributed by atoms with van der Waals surface area (Å²) in [5.41, 5.74) is 0.567. The van der Waals surface area contributed by atoms with Gasteiger partial charge in [0, 0.05) is 18.2 Å². The Hall–Kier alpha value is -4.77. The molecular weight excluding hydrogens is 738 g/mol. The Kier molecular flexibility index (Phi) is 17.5. The van der Waals surface area contributed by atoms with Gasteiger partial charge in [-0.25, -0.2) is 15.0 Å². The number of rotatable bonds is 24. The number of ether oxygens (including phenoxy) is 6. The summed E-state index contributed by atoms with van der Waals surface area (Å²) < 4.78 is 33.8. The molecule has 4 aromatic rings. The second-order valence-electron chi connectivity index (χ2n) is 13.9. The Morgan fingerprint density at radius 2 is 0.702 bits per heavy atom. The number of phenols is 3. The molecule has 0 saturated carbocycles. The van der Waals surface area contributed by atoms with Crippen LogP contribution in [0.3, 0.4) is 0 Å². The highest BCUT2D eigenvalue weighted by molar-refractivity contribution is 5.74. The predicted molar refractivity (Wildman–Crippen MR) is 213 cm³/mol. The number of hydrogen-bond acceptors (Lipinski definition) is 15. The fraction of sp³-hybridized carbons (Fsp3) is 0.500. The van der Waals surface area contributed by atoms with Crippen molar-refractivity contribution in [3.05, 3.63) is 54.6 Å². The van der Waals surface area contributed by atoms with E-state index < -0.39 is 18.3 Å². The lowest BCUT2D eigenvalue weighted by Crippen LogP contribution is -2.25. The van der Waals surface area contributed by atoms with E-state index >= 15 is 0 Å². The van der Waals surface area contributed by atoms with Crippen LogP contribution in [0.5, 0.6) is 34.5 Å². The first-order valence-corrected chi connectivity index (χ1v) is 19.3. The number of nitrogens with zero attached hydrogens (tertiary/aromatic N) is 3. The third-order valence-corrected chi connectivity index (χ3v) is 9.04. The van der Waals surface area contributed by atoms with E-state index in [2.05, 4.69) is 15.0 Å². The first-order valence-electron chi connectivity index (χ1n) is 19.3. The zero-order valence-electron chi connectivity index (χ0n) is 33.5. The third kappa shape index (κ3) is 14.0. The summed E-state index contributed by atoms with van der Waals surface area (Å²) in [5.74, 6) is 0.141. The molecule has 0 aliphatic rings. The van der Waals surface area contributed by atoms with Gasteiger partial charge in [0.05, 0.1) is 54.8 Å². The normalized spacial score (nSPS) is 14.7. The van der Waals surface area contributed by atoms with E-state index in [-0.39, 0.29) is 127 Å². The van der Waals surface area contributed by atoms with Crippen LogP contribution in [0.4, 0.5) is 0 Å². The van der Waals surface area contributed by atoms with Crippen molar-refractivity contribution in [1.82, 2.24) is 15.0 Å². The van der Waals surface area contributed by atoms with Gasteiger partial charge in [0.1, 0.15) is 72.6 Å². The van der Waals surface area contributed by atoms with Crippen molar-refractivity contribution in [2.24, 2.45) is 0 Å². The van der Waals surface area contributed by atoms with Gasteiger partial charge in [0.25, 0.3) is 0 Å². The maximum Gasteiger partial charge on any atom is 0.167 e. The standard InChI is InChI=1S/C42H57N3O12/c1-7-25(4)52-19-28(46)22-55-31-10-13-34(37(49)16-31)40-43-41(35-14-11-32(17-38(35)50)56-23-29(47)20-53-26(5)8-2)45-42(44-40)36-15-12-33(18-39(36)51)57-24-30(48)21-54-27(6)9-3/h10-18,25-30,46-51H,7-9,19-24H2,1-6H3. The Morgan fingerprint density at radius 1 is 0.439 bits per heavy atom. The minimum atomic E-state index is -0.884. The largest absolute Gasteiger partial charge is 0.507 e. The third-order valence-electron chi connectivity index (χ3n) is 9.04. The number of aromatic nitrogens is 3. The summed E-state index contributed by atoms with van der Waals surface area (Å²) >= 11 is 0. The molecule has 0 saturated heterocycles. The molecule has 1 heterocycles. The SMILES string of the molecule is CCC(C)OCC(O)COc1ccc(-c2nc(-c3ccc(OCC(O)COC(C)CC)cc3O)nc(-c3ccc(OCC(O)COC(C)CC)cc3O)n2)c(O)c1. The van der Waals surface area contributed by atoms with Crippen molar-refractivity contribution >= 4 is 0 Å². The van der Waals surface area contributed by atoms with Crippen molar-refractivity contribution < 1.29 is 59.1 Å². The first-order chi connectivity index (χ1) is 27.3. The summed E-state index contributed by atoms with van der Waals surface area (Å²) in [7, 11) is 0. The van der Waals surface area contributed by atoms with Gasteiger partial charge in [0.2, 0.25) is 0 Å². The number of hydrogen-bond donors (Lipinski definition) is 6. The van der Waals surface area contributed by atoms with Gasteiger partial charge in [-0.05, 0) is 76.4 Å². The molecule has 15 heteroatoms. The quantitative estimate of drug-likeness (QED) is 0.0505. The Labute approximate surface area is 333 Å². The molecule has 3 aromatic carbocycles. The number of aliphatic hydroxyl groups excluding tert-OH is 3. The highest BCUT2D eigenvalue weighted by Gasteiger charge is 2.20. The van der Waals surface area contributed by atoms with E-state index in [0.717, 1.165) is 19.3 Å². The number of aliphatic hydroxyl groups is 3. The molecule has 0 aliphatic heterocycles. The molecule has 57 heavy (non-hydrogen) atoms. The van der Waals surface area contributed by atoms with Gasteiger partial charge in [0.15, 0.2) is 17.5 Å². The molecule has 6 unspecified atom stereocenters. The molecule has 0 radical (unpaired) electrons. The Balaban J connectivity index is 1.62. The van der Waals surface area contributed by atoms with Crippen LogP contribution in [-0.4, -0.2) is 122 Å². The van der Waals surface area contributed by atoms with Gasteiger partial charge >= 0.3 is 0 Å². The highest BCUT2D eigenvalue weighted by atomic mass is 16.5. The molecular formula is C42H57N3O12. The van der Waals surface area contributed by atoms with E-state index in [1.54, 1.807) is 18.2 Å². The zero-order chi connectivity index (χ0) is 41.5. The van der Waals surface area contributed by atoms with Gasteiger partial charge in [-0.3, -0.25) is 0 Å². The Bertz CT molecular complexity index is 1630. The molecule has 6 N–H and O–H groups in total. The summed E-state index contributed by atoms with van der Waals surface area (Å²) in [6.07, 6.45) is -0.236. The Morgan fingerprint density at radius 3 is 0.930 bits per heavy atom. The average Bonchev–Trinajstić information content (AvgIpc) is 3.21. The second-order valence-corrected chi connectivity index (χ2v) is 13.9. The van der Waals surface area contributed by atoms with Gasteiger partial charge in [-0.15, -0.1) is 0 Å². The summed E-state index contributed by atoms with van der Waals surface area (Å²) in [6.45, 7) is 11.8. The van der Waals surface area contributed by atoms with Gasteiger partial charge in [-0.1, -0.05) is 20.8 Å². The van der Waals surface area contributed by atoms with E-state index in [9.17, 15) is 30.6 Å². The summed E-state index contributed by atoms with van der Waals surface area (Å²) in [4.78, 5) is 13.7. The molecule has 15 nitrogen and oxygen atoms in total. The monoisotopic (exact) mass is 795 g/mol. The molecule has 0 amide bonds. The lowest BCUT2D eigenvalue weighted by atomic mass is 10.1. The van der Waals surface area contributed by atoms with E-state index in [4.69, 9.17) is 28.4 Å². The molecule has 0 bridgehead atoms. The second kappa shape index (κ2) is 22.2. The van der Waals surface area contributed by atoms with Crippen LogP contribution in [0.2, 0.25) is 0 Å². The van der Waals surface area contributed by atoms with Crippen LogP contribution in [0.1, 0.15) is 60.8 Å². The summed E-state index contributed by atoms with van der Waals surface area (Å²) in [6, 6.07) is 13.4. The lowest BCUT2D eigenvalue weighted by molar-refractivity contribution is -0.0192. The zero-order valence-corrected chi connectivity index (χ0v) is 33.5. The minimum Gasteiger partial charge on any atom is -0.507 e. The molecule has 4 rings (SSSR count). The number of aromatic hydroxyl groups is 3. The topological polar surface area (TPSA) is 215 Å². The smallest absolute Gasteiger partial charge is 0.167 e. The van der Waals surface area contributed by atoms with Crippen LogP contribution in [0.25, 0.3) is 34.2 Å². The van der Waals surface area contributed by atoms with Gasteiger partial charge < -0.3 is 59.1 Å². The predicted octanol–water partition coefficient (Wildman–Crippen LogP) is 5.65. The van der Waals surface area contributed by atoms with Crippen molar-refractivity contribution in [3.8, 4) is 68.7 Å². The van der Waals surface area contributed by atoms with E-state index in [0.29, 0.717) is 0 Å². The summed E-state index contributed by atoms with van der Waals surface area (Å²) in [5, 5.41) is 64.3. The van der Waals surface area contributed by atoms with Crippen molar-refractivity contribution in [2.45, 2.75) is 97.4 Å². The van der Waals surface area contributed by atoms with Crippen LogP contribution in [0.15, 0.2) is 54.6 Å². The molecule has 0 fully saturated rings. The van der Waals surface area contributed by atoms with Crippen molar-refractivity contribution in [3.63, 3.8) is 0 Å². The molecule has 0 aliphatic carbocycles. The molecule has 0 spiro atoms. The van der Waals surface area contributed by atoms with Crippen LogP contribution in [0, 0.1) is 0 Å². The lowest BCUT2D eigenvalue weighted by Gasteiger charge is -2.17. The number of phenolic OH excluding ortho intramolecular Hbond substituents is 3. The maximum absolute atomic E-state index is 11.1. The first kappa shape index (κ1) is 44.9. The molecule has 312 valence electrons. The average molecular weight is 796 g/mol. The van der Waals surface area contributed by atoms with Crippen LogP contribution < -0.4 is 14.2 Å². The molecule has 6 atom stereocenters. The maximum atomic E-state index is 11.1. The minimum absolute atomic E-state index is 0.00278. The molecule has 1 aromatic heterocycles. The van der Waals surface area contributed by atoms with Crippen molar-refractivity contribution in [1.29, 1.82) is 0 Å². The highest BCUT2D eigenvalue weighted by Crippen LogP contribution is 2.38. The fourth-order valence-electron chi connectivity index (χ4n) is 5.01. The van der Waals surface area contributed by atoms with Crippen molar-refractivity contribution in [2.75, 3.05) is 39.6 Å². The fourth-order valence-corrected chi connectivity index (χ4v) is 5.01. The van der Waals surface area contributed by atoms with E-state index in [1.165, 1.54) is 36.4 Å². The van der Waals surface area contributed by atoms with E-state index in [1.807, 2.05) is 41.5 Å². The van der Waals surface area contributed by atoms with Gasteiger partial charge in [-0.2, -0.15) is 0 Å². The van der Waals surface area contributed by atoms with Crippen LogP contribution in [-0.2, 0) is 14.2 Å².